The Labute approximate surface area is 115 Å². The standard InChI is InChI=1S/C14H14N2O2S/c15-9-6-10-13(19-10)12(9)16-11(17)5-7-3-1-2-4-8(7)14(16)18/h1-4,9-10,12-13H,5-6,15H2/t9-,10-,12-,13-/m0/s1. The molecule has 19 heavy (non-hydrogen) atoms. The van der Waals surface area contributed by atoms with Crippen molar-refractivity contribution >= 4 is 23.6 Å². The minimum Gasteiger partial charge on any atom is -0.326 e. The molecule has 0 bridgehead atoms. The van der Waals surface area contributed by atoms with Gasteiger partial charge in [-0.05, 0) is 18.1 Å². The number of amides is 2. The summed E-state index contributed by atoms with van der Waals surface area (Å²) < 4.78 is 0. The number of benzene rings is 1. The molecule has 0 unspecified atom stereocenters. The minimum atomic E-state index is -0.166. The Bertz CT molecular complexity index is 587. The number of hydrogen-bond donors (Lipinski definition) is 1. The molecule has 0 radical (unpaired) electrons. The number of rotatable bonds is 1. The summed E-state index contributed by atoms with van der Waals surface area (Å²) in [5.74, 6) is -0.266. The summed E-state index contributed by atoms with van der Waals surface area (Å²) in [5.41, 5.74) is 7.61. The van der Waals surface area contributed by atoms with Gasteiger partial charge in [-0.25, -0.2) is 0 Å². The second-order valence-corrected chi connectivity index (χ2v) is 6.85. The van der Waals surface area contributed by atoms with E-state index in [9.17, 15) is 9.59 Å². The molecule has 2 fully saturated rings. The molecule has 2 heterocycles. The van der Waals surface area contributed by atoms with Crippen molar-refractivity contribution in [1.29, 1.82) is 0 Å². The highest BCUT2D eigenvalue weighted by Crippen LogP contribution is 2.54. The van der Waals surface area contributed by atoms with Gasteiger partial charge in [-0.15, -0.1) is 0 Å². The molecule has 2 amide bonds. The average Bonchev–Trinajstić information content (AvgIpc) is 3.06. The molecule has 1 aromatic carbocycles. The summed E-state index contributed by atoms with van der Waals surface area (Å²) in [5, 5.41) is 0.922. The van der Waals surface area contributed by atoms with E-state index in [0.29, 0.717) is 22.5 Å². The fourth-order valence-electron chi connectivity index (χ4n) is 3.31. The molecule has 2 N–H and O–H groups in total. The van der Waals surface area contributed by atoms with Gasteiger partial charge in [0, 0.05) is 22.1 Å². The molecule has 5 heteroatoms. The molecule has 4 atom stereocenters. The topological polar surface area (TPSA) is 63.4 Å². The monoisotopic (exact) mass is 274 g/mol. The van der Waals surface area contributed by atoms with Crippen LogP contribution in [0.2, 0.25) is 0 Å². The molecular weight excluding hydrogens is 260 g/mol. The Morgan fingerprint density at radius 1 is 1.26 bits per heavy atom. The molecule has 4 rings (SSSR count). The Hall–Kier alpha value is -1.33. The highest BCUT2D eigenvalue weighted by Gasteiger charge is 2.58. The van der Waals surface area contributed by atoms with Gasteiger partial charge in [0.25, 0.3) is 5.91 Å². The first kappa shape index (κ1) is 11.5. The van der Waals surface area contributed by atoms with Gasteiger partial charge in [-0.2, -0.15) is 11.8 Å². The summed E-state index contributed by atoms with van der Waals surface area (Å²) in [6.45, 7) is 0. The van der Waals surface area contributed by atoms with Crippen molar-refractivity contribution in [2.24, 2.45) is 5.73 Å². The van der Waals surface area contributed by atoms with Gasteiger partial charge >= 0.3 is 0 Å². The van der Waals surface area contributed by atoms with E-state index in [4.69, 9.17) is 5.73 Å². The van der Waals surface area contributed by atoms with Crippen LogP contribution in [0.15, 0.2) is 24.3 Å². The smallest absolute Gasteiger partial charge is 0.261 e. The zero-order valence-corrected chi connectivity index (χ0v) is 11.1. The number of carbonyl (C=O) groups excluding carboxylic acids is 2. The van der Waals surface area contributed by atoms with Gasteiger partial charge in [0.1, 0.15) is 0 Å². The highest BCUT2D eigenvalue weighted by molar-refractivity contribution is 8.07. The number of nitrogens with zero attached hydrogens (tertiary/aromatic N) is 1. The van der Waals surface area contributed by atoms with Crippen LogP contribution in [0.3, 0.4) is 0 Å². The van der Waals surface area contributed by atoms with Crippen LogP contribution < -0.4 is 5.73 Å². The lowest BCUT2D eigenvalue weighted by Crippen LogP contribution is -2.55. The Morgan fingerprint density at radius 2 is 2.05 bits per heavy atom. The third-order valence-electron chi connectivity index (χ3n) is 4.28. The Balaban J connectivity index is 1.74. The SMILES string of the molecule is N[C@H]1C[C@@H]2S[C@@H]2[C@H]1N1C(=O)Cc2ccccc2C1=O. The largest absolute Gasteiger partial charge is 0.326 e. The van der Waals surface area contributed by atoms with E-state index < -0.39 is 0 Å². The summed E-state index contributed by atoms with van der Waals surface area (Å²) in [7, 11) is 0. The molecule has 98 valence electrons. The zero-order chi connectivity index (χ0) is 13.1. The third-order valence-corrected chi connectivity index (χ3v) is 5.72. The van der Waals surface area contributed by atoms with Crippen LogP contribution in [0, 0.1) is 0 Å². The molecule has 0 aromatic heterocycles. The predicted molar refractivity (Wildman–Crippen MR) is 72.9 cm³/mol. The average molecular weight is 274 g/mol. The van der Waals surface area contributed by atoms with Crippen LogP contribution in [0.1, 0.15) is 22.3 Å². The second kappa shape index (κ2) is 3.84. The van der Waals surface area contributed by atoms with Gasteiger partial charge < -0.3 is 5.73 Å². The van der Waals surface area contributed by atoms with E-state index in [2.05, 4.69) is 0 Å². The van der Waals surface area contributed by atoms with Gasteiger partial charge in [0.05, 0.1) is 12.5 Å². The first-order valence-electron chi connectivity index (χ1n) is 6.52. The van der Waals surface area contributed by atoms with Crippen LogP contribution in [-0.4, -0.2) is 39.3 Å². The van der Waals surface area contributed by atoms with Gasteiger partial charge in [-0.3, -0.25) is 14.5 Å². The quantitative estimate of drug-likeness (QED) is 0.607. The summed E-state index contributed by atoms with van der Waals surface area (Å²) in [4.78, 5) is 26.3. The fraction of sp³-hybridized carbons (Fsp3) is 0.429. The Morgan fingerprint density at radius 3 is 2.79 bits per heavy atom. The highest BCUT2D eigenvalue weighted by atomic mass is 32.2. The first-order valence-corrected chi connectivity index (χ1v) is 7.46. The molecule has 4 nitrogen and oxygen atoms in total. The summed E-state index contributed by atoms with van der Waals surface area (Å²) in [6, 6.07) is 7.19. The van der Waals surface area contributed by atoms with Crippen molar-refractivity contribution in [3.8, 4) is 0 Å². The molecule has 3 aliphatic rings. The number of thioether (sulfide) groups is 1. The van der Waals surface area contributed by atoms with Crippen molar-refractivity contribution < 1.29 is 9.59 Å². The minimum absolute atomic E-state index is 0.0607. The lowest BCUT2D eigenvalue weighted by molar-refractivity contribution is -0.130. The van der Waals surface area contributed by atoms with Crippen LogP contribution in [0.4, 0.5) is 0 Å². The molecule has 1 aliphatic carbocycles. The molecule has 2 aliphatic heterocycles. The van der Waals surface area contributed by atoms with Crippen LogP contribution in [0.5, 0.6) is 0 Å². The van der Waals surface area contributed by atoms with E-state index in [1.807, 2.05) is 30.0 Å². The third kappa shape index (κ3) is 1.58. The number of imide groups is 1. The van der Waals surface area contributed by atoms with Gasteiger partial charge in [0.15, 0.2) is 0 Å². The van der Waals surface area contributed by atoms with Crippen molar-refractivity contribution in [2.45, 2.75) is 35.4 Å². The maximum atomic E-state index is 12.6. The maximum absolute atomic E-state index is 12.6. The predicted octanol–water partition coefficient (Wildman–Crippen LogP) is 0.795. The van der Waals surface area contributed by atoms with Crippen LogP contribution >= 0.6 is 11.8 Å². The van der Waals surface area contributed by atoms with E-state index in [1.165, 1.54) is 4.90 Å². The number of carbonyl (C=O) groups is 2. The molecule has 1 saturated carbocycles. The fourth-order valence-corrected chi connectivity index (χ4v) is 4.72. The van der Waals surface area contributed by atoms with Crippen LogP contribution in [-0.2, 0) is 11.2 Å². The Kier molecular flexibility index (Phi) is 2.32. The van der Waals surface area contributed by atoms with Crippen LogP contribution in [0.25, 0.3) is 0 Å². The maximum Gasteiger partial charge on any atom is 0.261 e. The molecule has 0 spiro atoms. The zero-order valence-electron chi connectivity index (χ0n) is 10.3. The molecule has 1 aromatic rings. The normalized spacial score (nSPS) is 36.2. The van der Waals surface area contributed by atoms with Crippen molar-refractivity contribution in [2.75, 3.05) is 0 Å². The lowest BCUT2D eigenvalue weighted by Gasteiger charge is -2.34. The number of nitrogens with two attached hydrogens (primary N) is 1. The number of hydrogen-bond acceptors (Lipinski definition) is 4. The van der Waals surface area contributed by atoms with Crippen molar-refractivity contribution in [3.63, 3.8) is 0 Å². The first-order chi connectivity index (χ1) is 9.16. The van der Waals surface area contributed by atoms with E-state index >= 15 is 0 Å². The van der Waals surface area contributed by atoms with Gasteiger partial charge in [-0.1, -0.05) is 18.2 Å². The van der Waals surface area contributed by atoms with Gasteiger partial charge in [0.2, 0.25) is 5.91 Å². The lowest BCUT2D eigenvalue weighted by atomic mass is 9.96. The van der Waals surface area contributed by atoms with Crippen molar-refractivity contribution in [3.05, 3.63) is 35.4 Å². The number of fused-ring (bicyclic) bond motifs is 2. The van der Waals surface area contributed by atoms with E-state index in [-0.39, 0.29) is 23.9 Å². The van der Waals surface area contributed by atoms with E-state index in [1.54, 1.807) is 6.07 Å². The summed E-state index contributed by atoms with van der Waals surface area (Å²) in [6.07, 6.45) is 1.23. The molecular formula is C14H14N2O2S. The second-order valence-electron chi connectivity index (χ2n) is 5.43. The molecule has 1 saturated heterocycles. The van der Waals surface area contributed by atoms with Crippen molar-refractivity contribution in [1.82, 2.24) is 4.90 Å². The van der Waals surface area contributed by atoms with E-state index in [0.717, 1.165) is 12.0 Å². The summed E-state index contributed by atoms with van der Waals surface area (Å²) >= 11 is 1.84.